The molecule has 0 aromatic carbocycles. The fourth-order valence-corrected chi connectivity index (χ4v) is 3.51. The molecule has 3 rings (SSSR count). The minimum atomic E-state index is 0.234. The average molecular weight is 250 g/mol. The van der Waals surface area contributed by atoms with Crippen LogP contribution in [0.3, 0.4) is 0 Å². The zero-order chi connectivity index (χ0) is 11.8. The van der Waals surface area contributed by atoms with E-state index < -0.39 is 0 Å². The van der Waals surface area contributed by atoms with Crippen LogP contribution in [-0.2, 0) is 0 Å². The predicted octanol–water partition coefficient (Wildman–Crippen LogP) is 2.05. The molecule has 17 heavy (non-hydrogen) atoms. The third-order valence-corrected chi connectivity index (χ3v) is 4.73. The number of hydrogen-bond acceptors (Lipinski definition) is 3. The van der Waals surface area contributed by atoms with Gasteiger partial charge in [-0.3, -0.25) is 4.79 Å². The highest BCUT2D eigenvalue weighted by atomic mass is 32.1. The summed E-state index contributed by atoms with van der Waals surface area (Å²) in [6.07, 6.45) is 3.57. The quantitative estimate of drug-likeness (QED) is 0.892. The molecule has 2 heterocycles. The van der Waals surface area contributed by atoms with E-state index in [1.165, 1.54) is 18.4 Å². The fourth-order valence-electron chi connectivity index (χ4n) is 2.56. The summed E-state index contributed by atoms with van der Waals surface area (Å²) < 4.78 is 0. The van der Waals surface area contributed by atoms with Gasteiger partial charge in [-0.1, -0.05) is 0 Å². The third kappa shape index (κ3) is 2.11. The lowest BCUT2D eigenvalue weighted by Crippen LogP contribution is -2.29. The molecule has 1 aliphatic heterocycles. The van der Waals surface area contributed by atoms with Crippen molar-refractivity contribution in [3.8, 4) is 0 Å². The molecule has 0 radical (unpaired) electrons. The Kier molecular flexibility index (Phi) is 2.92. The molecular formula is C13H18N2OS. The van der Waals surface area contributed by atoms with Gasteiger partial charge in [0.15, 0.2) is 0 Å². The second-order valence-corrected chi connectivity index (χ2v) is 6.04. The standard InChI is InChI=1S/C13H18N2OS/c14-7-9-3-5-15(8-9)13(16)12-11(4-6-17-12)10-1-2-10/h4,6,9-10H,1-3,5,7-8,14H2. The normalized spacial score (nSPS) is 24.3. The number of rotatable bonds is 3. The molecule has 0 bridgehead atoms. The lowest BCUT2D eigenvalue weighted by atomic mass is 10.1. The molecule has 1 amide bonds. The number of amides is 1. The van der Waals surface area contributed by atoms with Crippen LogP contribution < -0.4 is 5.73 Å². The zero-order valence-corrected chi connectivity index (χ0v) is 10.7. The molecule has 1 aromatic heterocycles. The van der Waals surface area contributed by atoms with Crippen molar-refractivity contribution in [1.82, 2.24) is 4.90 Å². The average Bonchev–Trinajstić information content (AvgIpc) is 2.92. The van der Waals surface area contributed by atoms with Gasteiger partial charge in [0.25, 0.3) is 5.91 Å². The molecule has 2 fully saturated rings. The second-order valence-electron chi connectivity index (χ2n) is 5.12. The van der Waals surface area contributed by atoms with Gasteiger partial charge in [0.2, 0.25) is 0 Å². The monoisotopic (exact) mass is 250 g/mol. The first-order valence-electron chi connectivity index (χ1n) is 6.36. The Morgan fingerprint density at radius 3 is 2.94 bits per heavy atom. The lowest BCUT2D eigenvalue weighted by Gasteiger charge is -2.16. The van der Waals surface area contributed by atoms with E-state index in [0.717, 1.165) is 24.4 Å². The maximum absolute atomic E-state index is 12.4. The van der Waals surface area contributed by atoms with Gasteiger partial charge in [-0.15, -0.1) is 11.3 Å². The molecule has 1 saturated carbocycles. The van der Waals surface area contributed by atoms with Crippen molar-refractivity contribution in [2.75, 3.05) is 19.6 Å². The largest absolute Gasteiger partial charge is 0.338 e. The van der Waals surface area contributed by atoms with Gasteiger partial charge in [0.1, 0.15) is 0 Å². The van der Waals surface area contributed by atoms with Gasteiger partial charge in [-0.05, 0) is 54.7 Å². The molecule has 1 unspecified atom stereocenters. The van der Waals surface area contributed by atoms with Crippen LogP contribution in [0.25, 0.3) is 0 Å². The molecule has 1 aromatic rings. The molecule has 92 valence electrons. The first-order valence-corrected chi connectivity index (χ1v) is 7.24. The third-order valence-electron chi connectivity index (χ3n) is 3.81. The minimum absolute atomic E-state index is 0.234. The Bertz CT molecular complexity index is 425. The summed E-state index contributed by atoms with van der Waals surface area (Å²) in [5.41, 5.74) is 6.96. The van der Waals surface area contributed by atoms with Crippen LogP contribution in [0.2, 0.25) is 0 Å². The van der Waals surface area contributed by atoms with Crippen LogP contribution in [-0.4, -0.2) is 30.4 Å². The SMILES string of the molecule is NCC1CCN(C(=O)c2sccc2C2CC2)C1. The topological polar surface area (TPSA) is 46.3 Å². The molecule has 4 heteroatoms. The summed E-state index contributed by atoms with van der Waals surface area (Å²) in [7, 11) is 0. The molecule has 3 nitrogen and oxygen atoms in total. The molecular weight excluding hydrogens is 232 g/mol. The zero-order valence-electron chi connectivity index (χ0n) is 9.89. The van der Waals surface area contributed by atoms with Gasteiger partial charge < -0.3 is 10.6 Å². The van der Waals surface area contributed by atoms with Crippen molar-refractivity contribution >= 4 is 17.2 Å². The fraction of sp³-hybridized carbons (Fsp3) is 0.615. The molecule has 1 saturated heterocycles. The van der Waals surface area contributed by atoms with Crippen LogP contribution in [0.4, 0.5) is 0 Å². The van der Waals surface area contributed by atoms with Crippen molar-refractivity contribution < 1.29 is 4.79 Å². The van der Waals surface area contributed by atoms with E-state index in [4.69, 9.17) is 5.73 Å². The number of thiophene rings is 1. The smallest absolute Gasteiger partial charge is 0.264 e. The molecule has 1 atom stereocenters. The van der Waals surface area contributed by atoms with Crippen LogP contribution in [0, 0.1) is 5.92 Å². The van der Waals surface area contributed by atoms with Crippen molar-refractivity contribution in [2.45, 2.75) is 25.2 Å². The van der Waals surface area contributed by atoms with E-state index in [0.29, 0.717) is 18.4 Å². The van der Waals surface area contributed by atoms with E-state index in [1.54, 1.807) is 11.3 Å². The van der Waals surface area contributed by atoms with E-state index >= 15 is 0 Å². The Balaban J connectivity index is 1.75. The molecule has 1 aliphatic carbocycles. The number of carbonyl (C=O) groups excluding carboxylic acids is 1. The maximum Gasteiger partial charge on any atom is 0.264 e. The first kappa shape index (κ1) is 11.2. The van der Waals surface area contributed by atoms with Gasteiger partial charge in [-0.2, -0.15) is 0 Å². The Morgan fingerprint density at radius 2 is 2.29 bits per heavy atom. The summed E-state index contributed by atoms with van der Waals surface area (Å²) in [6, 6.07) is 2.13. The van der Waals surface area contributed by atoms with Crippen LogP contribution >= 0.6 is 11.3 Å². The van der Waals surface area contributed by atoms with Crippen molar-refractivity contribution in [3.63, 3.8) is 0 Å². The lowest BCUT2D eigenvalue weighted by molar-refractivity contribution is 0.0791. The van der Waals surface area contributed by atoms with Crippen LogP contribution in [0.1, 0.15) is 40.4 Å². The van der Waals surface area contributed by atoms with Gasteiger partial charge in [0.05, 0.1) is 4.88 Å². The van der Waals surface area contributed by atoms with Crippen molar-refractivity contribution in [3.05, 3.63) is 21.9 Å². The summed E-state index contributed by atoms with van der Waals surface area (Å²) in [5, 5.41) is 2.05. The number of hydrogen-bond donors (Lipinski definition) is 1. The van der Waals surface area contributed by atoms with Gasteiger partial charge in [0, 0.05) is 13.1 Å². The van der Waals surface area contributed by atoms with E-state index in [-0.39, 0.29) is 5.91 Å². The van der Waals surface area contributed by atoms with Crippen molar-refractivity contribution in [1.29, 1.82) is 0 Å². The summed E-state index contributed by atoms with van der Waals surface area (Å²) in [6.45, 7) is 2.42. The minimum Gasteiger partial charge on any atom is -0.338 e. The summed E-state index contributed by atoms with van der Waals surface area (Å²) in [4.78, 5) is 15.4. The highest BCUT2D eigenvalue weighted by Crippen LogP contribution is 2.43. The second kappa shape index (κ2) is 4.42. The van der Waals surface area contributed by atoms with E-state index in [9.17, 15) is 4.79 Å². The summed E-state index contributed by atoms with van der Waals surface area (Å²) in [5.74, 6) is 1.40. The highest BCUT2D eigenvalue weighted by Gasteiger charge is 2.32. The predicted molar refractivity (Wildman–Crippen MR) is 69.4 cm³/mol. The number of nitrogens with zero attached hydrogens (tertiary/aromatic N) is 1. The summed E-state index contributed by atoms with van der Waals surface area (Å²) >= 11 is 1.60. The van der Waals surface area contributed by atoms with Crippen LogP contribution in [0.15, 0.2) is 11.4 Å². The Labute approximate surface area is 106 Å². The van der Waals surface area contributed by atoms with Crippen LogP contribution in [0.5, 0.6) is 0 Å². The molecule has 2 aliphatic rings. The van der Waals surface area contributed by atoms with E-state index in [2.05, 4.69) is 11.4 Å². The Hall–Kier alpha value is -0.870. The van der Waals surface area contributed by atoms with Gasteiger partial charge in [-0.25, -0.2) is 0 Å². The Morgan fingerprint density at radius 1 is 1.47 bits per heavy atom. The molecule has 2 N–H and O–H groups in total. The highest BCUT2D eigenvalue weighted by molar-refractivity contribution is 7.12. The number of nitrogens with two attached hydrogens (primary N) is 1. The molecule has 0 spiro atoms. The first-order chi connectivity index (χ1) is 8.29. The van der Waals surface area contributed by atoms with Crippen molar-refractivity contribution in [2.24, 2.45) is 11.7 Å². The van der Waals surface area contributed by atoms with E-state index in [1.807, 2.05) is 4.90 Å². The maximum atomic E-state index is 12.4. The van der Waals surface area contributed by atoms with Gasteiger partial charge >= 0.3 is 0 Å². The number of carbonyl (C=O) groups is 1. The number of likely N-dealkylation sites (tertiary alicyclic amines) is 1.